The fraction of sp³-hybridized carbons (Fsp3) is 0.0769. The van der Waals surface area contributed by atoms with Gasteiger partial charge in [0, 0.05) is 40.9 Å². The molecule has 2 heterocycles. The van der Waals surface area contributed by atoms with Crippen LogP contribution in [0, 0.1) is 11.6 Å². The second-order valence-electron chi connectivity index (χ2n) is 7.71. The Kier molecular flexibility index (Phi) is 5.56. The van der Waals surface area contributed by atoms with Crippen molar-refractivity contribution in [1.82, 2.24) is 14.5 Å². The molecule has 1 atom stereocenters. The highest BCUT2D eigenvalue weighted by Crippen LogP contribution is 2.28. The Morgan fingerprint density at radius 2 is 1.52 bits per heavy atom. The molecule has 0 fully saturated rings. The summed E-state index contributed by atoms with van der Waals surface area (Å²) in [6.07, 6.45) is 5.40. The van der Waals surface area contributed by atoms with Crippen molar-refractivity contribution in [2.45, 2.75) is 11.4 Å². The predicted molar refractivity (Wildman–Crippen MR) is 125 cm³/mol. The summed E-state index contributed by atoms with van der Waals surface area (Å²) >= 11 is 0. The van der Waals surface area contributed by atoms with Gasteiger partial charge in [-0.15, -0.1) is 0 Å². The highest BCUT2D eigenvalue weighted by molar-refractivity contribution is 7.84. The number of hydrogen-bond acceptors (Lipinski definition) is 3. The van der Waals surface area contributed by atoms with Crippen LogP contribution in [0.1, 0.15) is 5.56 Å². The van der Waals surface area contributed by atoms with E-state index in [0.29, 0.717) is 17.9 Å². The molecule has 164 valence electrons. The summed E-state index contributed by atoms with van der Waals surface area (Å²) < 4.78 is 41.2. The van der Waals surface area contributed by atoms with E-state index < -0.39 is 22.4 Å². The van der Waals surface area contributed by atoms with Crippen LogP contribution in [0.4, 0.5) is 8.78 Å². The lowest BCUT2D eigenvalue weighted by Gasteiger charge is -2.09. The van der Waals surface area contributed by atoms with E-state index in [1.807, 2.05) is 47.3 Å². The quantitative estimate of drug-likeness (QED) is 0.335. The van der Waals surface area contributed by atoms with E-state index in [0.717, 1.165) is 27.7 Å². The number of fused-ring (bicyclic) bond motifs is 1. The van der Waals surface area contributed by atoms with Crippen LogP contribution in [0.2, 0.25) is 0 Å². The van der Waals surface area contributed by atoms with Gasteiger partial charge in [-0.3, -0.25) is 4.21 Å². The van der Waals surface area contributed by atoms with Gasteiger partial charge in [0.1, 0.15) is 5.69 Å². The van der Waals surface area contributed by atoms with Gasteiger partial charge in [0.15, 0.2) is 17.5 Å². The van der Waals surface area contributed by atoms with E-state index in [4.69, 9.17) is 0 Å². The Hall–Kier alpha value is -3.71. The standard InChI is InChI=1S/C26H19F2N3OS/c1-33(32)20-11-9-19(10-12-20)18-7-5-17(6-8-18)15-31-14-13-23-24(16-31)30-26(29-23)21-3-2-4-22(27)25(21)28/h2-14,16H,15H2,1H3. The number of aromatic nitrogens is 3. The van der Waals surface area contributed by atoms with Crippen molar-refractivity contribution in [2.75, 3.05) is 6.26 Å². The number of imidazole rings is 1. The molecule has 4 nitrogen and oxygen atoms in total. The number of halogens is 2. The molecule has 0 radical (unpaired) electrons. The fourth-order valence-electron chi connectivity index (χ4n) is 3.70. The molecule has 0 saturated carbocycles. The number of benzene rings is 3. The second kappa shape index (κ2) is 8.67. The van der Waals surface area contributed by atoms with Crippen LogP contribution in [0.3, 0.4) is 0 Å². The maximum atomic E-state index is 14.1. The van der Waals surface area contributed by atoms with Crippen molar-refractivity contribution in [3.05, 3.63) is 102 Å². The van der Waals surface area contributed by atoms with E-state index in [9.17, 15) is 13.0 Å². The minimum atomic E-state index is -0.990. The molecule has 33 heavy (non-hydrogen) atoms. The molecule has 0 bridgehead atoms. The Bertz CT molecular complexity index is 1430. The van der Waals surface area contributed by atoms with Gasteiger partial charge in [0.2, 0.25) is 0 Å². The summed E-state index contributed by atoms with van der Waals surface area (Å²) in [5.41, 5.74) is 4.53. The van der Waals surface area contributed by atoms with Crippen molar-refractivity contribution < 1.29 is 13.0 Å². The summed E-state index contributed by atoms with van der Waals surface area (Å²) in [4.78, 5) is 9.55. The molecule has 1 unspecified atom stereocenters. The zero-order chi connectivity index (χ0) is 22.9. The summed E-state index contributed by atoms with van der Waals surface area (Å²) in [6.45, 7) is 0.625. The van der Waals surface area contributed by atoms with E-state index >= 15 is 0 Å². The fourth-order valence-corrected chi connectivity index (χ4v) is 4.22. The van der Waals surface area contributed by atoms with Crippen molar-refractivity contribution in [3.63, 3.8) is 0 Å². The smallest absolute Gasteiger partial charge is 0.169 e. The predicted octanol–water partition coefficient (Wildman–Crippen LogP) is 5.78. The largest absolute Gasteiger partial charge is 0.348 e. The Morgan fingerprint density at radius 1 is 0.848 bits per heavy atom. The SMILES string of the molecule is CS(=O)c1ccc(-c2ccc(Cn3ccc4nc(-c5cccc(F)c5F)nc-4c3)cc2)cc1. The topological polar surface area (TPSA) is 47.8 Å². The summed E-state index contributed by atoms with van der Waals surface area (Å²) in [5.74, 6) is -1.70. The lowest BCUT2D eigenvalue weighted by atomic mass is 10.0. The number of rotatable bonds is 5. The lowest BCUT2D eigenvalue weighted by Crippen LogP contribution is -2.00. The van der Waals surface area contributed by atoms with Gasteiger partial charge in [-0.05, 0) is 47.0 Å². The maximum absolute atomic E-state index is 14.1. The molecule has 3 aromatic rings. The minimum Gasteiger partial charge on any atom is -0.348 e. The first-order valence-electron chi connectivity index (χ1n) is 10.3. The van der Waals surface area contributed by atoms with Crippen molar-refractivity contribution in [1.29, 1.82) is 0 Å². The number of nitrogens with zero attached hydrogens (tertiary/aromatic N) is 3. The average molecular weight is 460 g/mol. The highest BCUT2D eigenvalue weighted by Gasteiger charge is 2.17. The first-order chi connectivity index (χ1) is 16.0. The molecular formula is C26H19F2N3OS. The van der Waals surface area contributed by atoms with Gasteiger partial charge >= 0.3 is 0 Å². The van der Waals surface area contributed by atoms with Gasteiger partial charge < -0.3 is 4.57 Å². The normalized spacial score (nSPS) is 12.2. The van der Waals surface area contributed by atoms with Crippen LogP contribution < -0.4 is 0 Å². The number of hydrogen-bond donors (Lipinski definition) is 0. The average Bonchev–Trinajstić information content (AvgIpc) is 3.24. The Labute approximate surface area is 192 Å². The molecule has 0 amide bonds. The third-order valence-electron chi connectivity index (χ3n) is 5.46. The van der Waals surface area contributed by atoms with Crippen LogP contribution in [0.15, 0.2) is 90.1 Å². The molecular weight excluding hydrogens is 440 g/mol. The first kappa shape index (κ1) is 21.2. The zero-order valence-electron chi connectivity index (χ0n) is 17.7. The number of pyridine rings is 1. The highest BCUT2D eigenvalue weighted by atomic mass is 32.2. The van der Waals surface area contributed by atoms with Crippen molar-refractivity contribution in [2.24, 2.45) is 0 Å². The van der Waals surface area contributed by atoms with Crippen LogP contribution in [-0.4, -0.2) is 25.0 Å². The summed E-state index contributed by atoms with van der Waals surface area (Å²) in [6, 6.07) is 21.7. The van der Waals surface area contributed by atoms with E-state index in [-0.39, 0.29) is 11.4 Å². The molecule has 0 saturated heterocycles. The molecule has 3 aromatic carbocycles. The summed E-state index contributed by atoms with van der Waals surface area (Å²) in [7, 11) is -0.990. The molecule has 2 aliphatic heterocycles. The van der Waals surface area contributed by atoms with E-state index in [2.05, 4.69) is 34.2 Å². The third-order valence-corrected chi connectivity index (χ3v) is 6.39. The second-order valence-corrected chi connectivity index (χ2v) is 9.09. The van der Waals surface area contributed by atoms with Crippen LogP contribution in [0.25, 0.3) is 33.9 Å². The molecule has 5 rings (SSSR count). The lowest BCUT2D eigenvalue weighted by molar-refractivity contribution is 0.510. The first-order valence-corrected chi connectivity index (χ1v) is 11.8. The van der Waals surface area contributed by atoms with E-state index in [1.165, 1.54) is 12.1 Å². The van der Waals surface area contributed by atoms with Crippen LogP contribution in [-0.2, 0) is 17.3 Å². The molecule has 7 heteroatoms. The van der Waals surface area contributed by atoms with Gasteiger partial charge in [-0.1, -0.05) is 42.5 Å². The molecule has 2 aliphatic rings. The van der Waals surface area contributed by atoms with Crippen molar-refractivity contribution >= 4 is 10.8 Å². The van der Waals surface area contributed by atoms with E-state index in [1.54, 1.807) is 6.26 Å². The minimum absolute atomic E-state index is 0.0477. The molecule has 0 N–H and O–H groups in total. The van der Waals surface area contributed by atoms with Gasteiger partial charge in [0.05, 0.1) is 11.3 Å². The maximum Gasteiger partial charge on any atom is 0.169 e. The van der Waals surface area contributed by atoms with Gasteiger partial charge in [-0.2, -0.15) is 0 Å². The van der Waals surface area contributed by atoms with Gasteiger partial charge in [-0.25, -0.2) is 18.7 Å². The molecule has 0 spiro atoms. The van der Waals surface area contributed by atoms with Gasteiger partial charge in [0.25, 0.3) is 0 Å². The Balaban J connectivity index is 1.36. The molecule has 0 aromatic heterocycles. The van der Waals surface area contributed by atoms with Crippen LogP contribution in [0.5, 0.6) is 0 Å². The van der Waals surface area contributed by atoms with Crippen LogP contribution >= 0.6 is 0 Å². The monoisotopic (exact) mass is 459 g/mol. The molecule has 0 aliphatic carbocycles. The Morgan fingerprint density at radius 3 is 2.21 bits per heavy atom. The zero-order valence-corrected chi connectivity index (χ0v) is 18.5. The van der Waals surface area contributed by atoms with Crippen molar-refractivity contribution in [3.8, 4) is 33.9 Å². The summed E-state index contributed by atoms with van der Waals surface area (Å²) in [5, 5.41) is 0. The third kappa shape index (κ3) is 4.32.